The minimum absolute atomic E-state index is 0.0345. The number of aromatic nitrogens is 1. The largest absolute Gasteiger partial charge is 0.351 e. The highest BCUT2D eigenvalue weighted by molar-refractivity contribution is 7.09. The Morgan fingerprint density at radius 2 is 1.90 bits per heavy atom. The van der Waals surface area contributed by atoms with Crippen LogP contribution in [0.3, 0.4) is 0 Å². The zero-order chi connectivity index (χ0) is 21.4. The third-order valence-corrected chi connectivity index (χ3v) is 7.77. The maximum atomic E-state index is 13.7. The Kier molecular flexibility index (Phi) is 5.34. The summed E-state index contributed by atoms with van der Waals surface area (Å²) in [6, 6.07) is 14.2. The second-order valence-electron chi connectivity index (χ2n) is 9.08. The lowest BCUT2D eigenvalue weighted by Gasteiger charge is -2.44. The van der Waals surface area contributed by atoms with Crippen molar-refractivity contribution < 1.29 is 9.59 Å². The van der Waals surface area contributed by atoms with Crippen molar-refractivity contribution in [2.75, 3.05) is 0 Å². The molecule has 2 amide bonds. The minimum Gasteiger partial charge on any atom is -0.351 e. The molecule has 6 heteroatoms. The number of nitrogens with zero attached hydrogens (tertiary/aromatic N) is 2. The van der Waals surface area contributed by atoms with Gasteiger partial charge in [-0.25, -0.2) is 0 Å². The fraction of sp³-hybridized carbons (Fsp3) is 0.440. The van der Waals surface area contributed by atoms with E-state index in [2.05, 4.69) is 5.32 Å². The van der Waals surface area contributed by atoms with Crippen molar-refractivity contribution >= 4 is 34.1 Å². The van der Waals surface area contributed by atoms with Crippen LogP contribution in [-0.2, 0) is 17.9 Å². The van der Waals surface area contributed by atoms with Crippen LogP contribution in [0, 0.1) is 0 Å². The number of amides is 2. The highest BCUT2D eigenvalue weighted by atomic mass is 32.1. The molecule has 31 heavy (non-hydrogen) atoms. The summed E-state index contributed by atoms with van der Waals surface area (Å²) in [6.07, 6.45) is 6.85. The van der Waals surface area contributed by atoms with Crippen LogP contribution in [0.25, 0.3) is 10.9 Å². The Morgan fingerprint density at radius 1 is 1.13 bits per heavy atom. The molecular weight excluding hydrogens is 406 g/mol. The standard InChI is InChI=1S/C25H29N3O2S/c1-25(24(30)26-19-10-4-2-3-5-11-19)17-27-21-13-7-6-9-18(21)15-22(27)23(29)28(25)16-20-12-8-14-31-20/h6-9,12-15,19H,2-5,10-11,16-17H2,1H3,(H,26,30)/t25-/m0/s1. The number of carbonyl (C=O) groups excluding carboxylic acids is 2. The molecule has 1 N–H and O–H groups in total. The van der Waals surface area contributed by atoms with E-state index in [9.17, 15) is 9.59 Å². The van der Waals surface area contributed by atoms with Gasteiger partial charge in [-0.05, 0) is 43.3 Å². The topological polar surface area (TPSA) is 54.3 Å². The van der Waals surface area contributed by atoms with E-state index in [1.54, 1.807) is 16.2 Å². The molecule has 0 bridgehead atoms. The summed E-state index contributed by atoms with van der Waals surface area (Å²) in [5, 5.41) is 6.38. The molecule has 0 saturated heterocycles. The Morgan fingerprint density at radius 3 is 2.65 bits per heavy atom. The third-order valence-electron chi connectivity index (χ3n) is 6.91. The van der Waals surface area contributed by atoms with E-state index in [-0.39, 0.29) is 17.9 Å². The van der Waals surface area contributed by atoms with Crippen LogP contribution in [0.1, 0.15) is 60.8 Å². The van der Waals surface area contributed by atoms with Gasteiger partial charge in [0.05, 0.1) is 13.1 Å². The van der Waals surface area contributed by atoms with Crippen molar-refractivity contribution in [3.05, 3.63) is 58.4 Å². The second-order valence-corrected chi connectivity index (χ2v) is 10.1. The van der Waals surface area contributed by atoms with Crippen LogP contribution < -0.4 is 5.32 Å². The Labute approximate surface area is 187 Å². The number of para-hydroxylation sites is 1. The molecule has 5 nitrogen and oxygen atoms in total. The van der Waals surface area contributed by atoms with Gasteiger partial charge in [-0.15, -0.1) is 11.3 Å². The molecule has 2 aromatic heterocycles. The normalized spacial score (nSPS) is 22.4. The van der Waals surface area contributed by atoms with Crippen LogP contribution >= 0.6 is 11.3 Å². The lowest BCUT2D eigenvalue weighted by molar-refractivity contribution is -0.134. The first-order valence-corrected chi connectivity index (χ1v) is 12.2. The molecule has 3 aromatic rings. The van der Waals surface area contributed by atoms with Gasteiger partial charge >= 0.3 is 0 Å². The summed E-state index contributed by atoms with van der Waals surface area (Å²) in [7, 11) is 0. The van der Waals surface area contributed by atoms with Crippen molar-refractivity contribution in [3.8, 4) is 0 Å². The Balaban J connectivity index is 1.53. The van der Waals surface area contributed by atoms with Gasteiger partial charge in [0.2, 0.25) is 5.91 Å². The molecule has 0 radical (unpaired) electrons. The van der Waals surface area contributed by atoms with Gasteiger partial charge in [-0.2, -0.15) is 0 Å². The number of nitrogens with one attached hydrogen (secondary N) is 1. The third kappa shape index (κ3) is 3.67. The van der Waals surface area contributed by atoms with E-state index >= 15 is 0 Å². The van der Waals surface area contributed by atoms with Crippen LogP contribution in [0.4, 0.5) is 0 Å². The summed E-state index contributed by atoms with van der Waals surface area (Å²) in [5.74, 6) is -0.109. The smallest absolute Gasteiger partial charge is 0.271 e. The fourth-order valence-electron chi connectivity index (χ4n) is 5.08. The van der Waals surface area contributed by atoms with E-state index in [1.807, 2.05) is 59.3 Å². The molecule has 1 aromatic carbocycles. The van der Waals surface area contributed by atoms with Gasteiger partial charge in [0.15, 0.2) is 0 Å². The average molecular weight is 436 g/mol. The van der Waals surface area contributed by atoms with Gasteiger partial charge < -0.3 is 14.8 Å². The first-order chi connectivity index (χ1) is 15.1. The van der Waals surface area contributed by atoms with E-state index in [1.165, 1.54) is 12.8 Å². The minimum atomic E-state index is -0.942. The van der Waals surface area contributed by atoms with Crippen molar-refractivity contribution in [2.45, 2.75) is 70.1 Å². The number of carbonyl (C=O) groups is 2. The zero-order valence-corrected chi connectivity index (χ0v) is 18.8. The van der Waals surface area contributed by atoms with Crippen LogP contribution in [-0.4, -0.2) is 32.9 Å². The summed E-state index contributed by atoms with van der Waals surface area (Å²) in [6.45, 7) is 2.85. The molecule has 162 valence electrons. The number of thiophene rings is 1. The second kappa shape index (κ2) is 8.15. The molecule has 1 atom stereocenters. The zero-order valence-electron chi connectivity index (χ0n) is 18.0. The summed E-state index contributed by atoms with van der Waals surface area (Å²) < 4.78 is 2.04. The van der Waals surface area contributed by atoms with Gasteiger partial charge in [0.1, 0.15) is 11.2 Å². The number of hydrogen-bond acceptors (Lipinski definition) is 3. The Bertz CT molecular complexity index is 1100. The summed E-state index contributed by atoms with van der Waals surface area (Å²) in [4.78, 5) is 30.3. The monoisotopic (exact) mass is 435 g/mol. The predicted octanol–water partition coefficient (Wildman–Crippen LogP) is 4.96. The fourth-order valence-corrected chi connectivity index (χ4v) is 5.77. The summed E-state index contributed by atoms with van der Waals surface area (Å²) in [5.41, 5.74) is 0.731. The first kappa shape index (κ1) is 20.3. The average Bonchev–Trinajstić information content (AvgIpc) is 3.33. The molecule has 1 saturated carbocycles. The van der Waals surface area contributed by atoms with Crippen molar-refractivity contribution in [1.82, 2.24) is 14.8 Å². The maximum absolute atomic E-state index is 13.7. The summed E-state index contributed by atoms with van der Waals surface area (Å²) >= 11 is 1.62. The predicted molar refractivity (Wildman–Crippen MR) is 124 cm³/mol. The maximum Gasteiger partial charge on any atom is 0.271 e. The van der Waals surface area contributed by atoms with Gasteiger partial charge in [0, 0.05) is 21.8 Å². The highest BCUT2D eigenvalue weighted by Gasteiger charge is 2.48. The molecule has 5 rings (SSSR count). The number of fused-ring (bicyclic) bond motifs is 3. The van der Waals surface area contributed by atoms with Crippen molar-refractivity contribution in [1.29, 1.82) is 0 Å². The Hall–Kier alpha value is -2.60. The lowest BCUT2D eigenvalue weighted by Crippen LogP contribution is -2.64. The molecule has 1 aliphatic heterocycles. The SMILES string of the molecule is C[C@@]1(C(=O)NC2CCCCCC2)Cn2c(cc3ccccc32)C(=O)N1Cc1cccs1. The van der Waals surface area contributed by atoms with Crippen molar-refractivity contribution in [3.63, 3.8) is 0 Å². The molecule has 3 heterocycles. The first-order valence-electron chi connectivity index (χ1n) is 11.3. The molecule has 0 spiro atoms. The van der Waals surface area contributed by atoms with E-state index < -0.39 is 5.54 Å². The number of benzene rings is 1. The molecule has 0 unspecified atom stereocenters. The molecule has 1 fully saturated rings. The number of hydrogen-bond donors (Lipinski definition) is 1. The van der Waals surface area contributed by atoms with Gasteiger partial charge in [0.25, 0.3) is 5.91 Å². The van der Waals surface area contributed by atoms with Crippen molar-refractivity contribution in [2.24, 2.45) is 0 Å². The van der Waals surface area contributed by atoms with E-state index in [0.717, 1.165) is 41.5 Å². The quantitative estimate of drug-likeness (QED) is 0.589. The lowest BCUT2D eigenvalue weighted by atomic mass is 9.93. The van der Waals surface area contributed by atoms with Gasteiger partial charge in [-0.1, -0.05) is 49.9 Å². The van der Waals surface area contributed by atoms with Crippen LogP contribution in [0.5, 0.6) is 0 Å². The molecular formula is C25H29N3O2S. The number of rotatable bonds is 4. The van der Waals surface area contributed by atoms with E-state index in [4.69, 9.17) is 0 Å². The van der Waals surface area contributed by atoms with Gasteiger partial charge in [-0.3, -0.25) is 9.59 Å². The van der Waals surface area contributed by atoms with E-state index in [0.29, 0.717) is 18.8 Å². The van der Waals surface area contributed by atoms with Crippen LogP contribution in [0.2, 0.25) is 0 Å². The molecule has 2 aliphatic rings. The molecule has 1 aliphatic carbocycles. The highest BCUT2D eigenvalue weighted by Crippen LogP contribution is 2.34. The van der Waals surface area contributed by atoms with Crippen LogP contribution in [0.15, 0.2) is 47.8 Å².